The van der Waals surface area contributed by atoms with Crippen LogP contribution >= 0.6 is 0 Å². The monoisotopic (exact) mass is 209 g/mol. The molecule has 2 N–H and O–H groups in total. The molecular weight excluding hydrogens is 190 g/mol. The molecule has 0 spiro atoms. The zero-order valence-electron chi connectivity index (χ0n) is 9.19. The van der Waals surface area contributed by atoms with Crippen LogP contribution in [0.15, 0.2) is 12.3 Å². The van der Waals surface area contributed by atoms with E-state index in [0.717, 1.165) is 38.0 Å². The number of nitrogens with one attached hydrogen (secondary N) is 1. The molecule has 0 radical (unpaired) electrons. The van der Waals surface area contributed by atoms with E-state index in [0.29, 0.717) is 0 Å². The first-order valence-corrected chi connectivity index (χ1v) is 5.76. The summed E-state index contributed by atoms with van der Waals surface area (Å²) in [7, 11) is 0. The van der Waals surface area contributed by atoms with Crippen molar-refractivity contribution in [3.8, 4) is 0 Å². The van der Waals surface area contributed by atoms with E-state index in [9.17, 15) is 5.11 Å². The summed E-state index contributed by atoms with van der Waals surface area (Å²) in [6.07, 6.45) is 4.60. The van der Waals surface area contributed by atoms with Crippen molar-refractivity contribution in [2.45, 2.75) is 44.9 Å². The van der Waals surface area contributed by atoms with Crippen molar-refractivity contribution in [3.05, 3.63) is 18.0 Å². The van der Waals surface area contributed by atoms with E-state index in [4.69, 9.17) is 0 Å². The Kier molecular flexibility index (Phi) is 3.38. The zero-order valence-corrected chi connectivity index (χ0v) is 9.19. The van der Waals surface area contributed by atoms with Gasteiger partial charge in [0.15, 0.2) is 0 Å². The highest BCUT2D eigenvalue weighted by Gasteiger charge is 2.26. The maximum absolute atomic E-state index is 10.2. The highest BCUT2D eigenvalue weighted by Crippen LogP contribution is 2.22. The van der Waals surface area contributed by atoms with Crippen molar-refractivity contribution in [2.75, 3.05) is 6.54 Å². The SMILES string of the molecule is CCCn1nccc1C(O)C1CCCN1. The Hall–Kier alpha value is -0.870. The van der Waals surface area contributed by atoms with Gasteiger partial charge in [0.1, 0.15) is 6.10 Å². The van der Waals surface area contributed by atoms with Gasteiger partial charge in [-0.2, -0.15) is 5.10 Å². The minimum Gasteiger partial charge on any atom is -0.385 e. The van der Waals surface area contributed by atoms with E-state index < -0.39 is 6.10 Å². The van der Waals surface area contributed by atoms with E-state index in [-0.39, 0.29) is 6.04 Å². The van der Waals surface area contributed by atoms with E-state index in [1.54, 1.807) is 6.20 Å². The van der Waals surface area contributed by atoms with Crippen molar-refractivity contribution in [2.24, 2.45) is 0 Å². The first kappa shape index (κ1) is 10.6. The molecule has 2 rings (SSSR count). The topological polar surface area (TPSA) is 50.1 Å². The first-order valence-electron chi connectivity index (χ1n) is 5.76. The van der Waals surface area contributed by atoms with Gasteiger partial charge >= 0.3 is 0 Å². The van der Waals surface area contributed by atoms with E-state index in [1.807, 2.05) is 10.7 Å². The van der Waals surface area contributed by atoms with Gasteiger partial charge in [-0.3, -0.25) is 4.68 Å². The maximum atomic E-state index is 10.2. The highest BCUT2D eigenvalue weighted by atomic mass is 16.3. The molecule has 0 aromatic carbocycles. The molecule has 4 nitrogen and oxygen atoms in total. The lowest BCUT2D eigenvalue weighted by atomic mass is 10.1. The molecule has 2 heterocycles. The predicted octanol–water partition coefficient (Wildman–Crippen LogP) is 1.08. The van der Waals surface area contributed by atoms with Gasteiger partial charge in [0.2, 0.25) is 0 Å². The van der Waals surface area contributed by atoms with Gasteiger partial charge in [-0.15, -0.1) is 0 Å². The Morgan fingerprint density at radius 2 is 2.60 bits per heavy atom. The molecule has 15 heavy (non-hydrogen) atoms. The van der Waals surface area contributed by atoms with Crippen LogP contribution in [0, 0.1) is 0 Å². The summed E-state index contributed by atoms with van der Waals surface area (Å²) in [5.41, 5.74) is 0.941. The van der Waals surface area contributed by atoms with E-state index >= 15 is 0 Å². The lowest BCUT2D eigenvalue weighted by Crippen LogP contribution is -2.30. The molecule has 1 aliphatic heterocycles. The lowest BCUT2D eigenvalue weighted by Gasteiger charge is -2.19. The van der Waals surface area contributed by atoms with Crippen LogP contribution < -0.4 is 5.32 Å². The largest absolute Gasteiger partial charge is 0.385 e. The van der Waals surface area contributed by atoms with Crippen LogP contribution in [0.3, 0.4) is 0 Å². The summed E-state index contributed by atoms with van der Waals surface area (Å²) in [5, 5.41) is 17.7. The molecular formula is C11H19N3O. The number of hydrogen-bond acceptors (Lipinski definition) is 3. The second kappa shape index (κ2) is 4.77. The van der Waals surface area contributed by atoms with Crippen LogP contribution in [0.1, 0.15) is 38.0 Å². The fourth-order valence-corrected chi connectivity index (χ4v) is 2.18. The summed E-state index contributed by atoms with van der Waals surface area (Å²) in [6.45, 7) is 4.02. The van der Waals surface area contributed by atoms with Gasteiger partial charge in [0.25, 0.3) is 0 Å². The third-order valence-electron chi connectivity index (χ3n) is 2.97. The number of aliphatic hydroxyl groups excluding tert-OH is 1. The van der Waals surface area contributed by atoms with Crippen LogP contribution in [0.4, 0.5) is 0 Å². The quantitative estimate of drug-likeness (QED) is 0.780. The van der Waals surface area contributed by atoms with Gasteiger partial charge in [-0.25, -0.2) is 0 Å². The molecule has 1 aromatic rings. The molecule has 1 aliphatic rings. The average Bonchev–Trinajstić information content (AvgIpc) is 2.87. The Labute approximate surface area is 90.3 Å². The molecule has 0 aliphatic carbocycles. The van der Waals surface area contributed by atoms with Gasteiger partial charge in [0.05, 0.1) is 5.69 Å². The standard InChI is InChI=1S/C11H19N3O/c1-2-8-14-10(5-7-13-14)11(15)9-4-3-6-12-9/h5,7,9,11-12,15H,2-4,6,8H2,1H3. The molecule has 0 bridgehead atoms. The number of aliphatic hydroxyl groups is 1. The summed E-state index contributed by atoms with van der Waals surface area (Å²) in [5.74, 6) is 0. The zero-order chi connectivity index (χ0) is 10.7. The molecule has 2 unspecified atom stereocenters. The van der Waals surface area contributed by atoms with E-state index in [1.165, 1.54) is 0 Å². The van der Waals surface area contributed by atoms with Crippen LogP contribution in [-0.4, -0.2) is 27.5 Å². The minimum absolute atomic E-state index is 0.206. The van der Waals surface area contributed by atoms with Gasteiger partial charge in [-0.1, -0.05) is 6.92 Å². The number of aryl methyl sites for hydroxylation is 1. The Bertz CT molecular complexity index is 305. The maximum Gasteiger partial charge on any atom is 0.111 e. The fourth-order valence-electron chi connectivity index (χ4n) is 2.18. The smallest absolute Gasteiger partial charge is 0.111 e. The molecule has 1 fully saturated rings. The first-order chi connectivity index (χ1) is 7.33. The van der Waals surface area contributed by atoms with Crippen molar-refractivity contribution in [3.63, 3.8) is 0 Å². The lowest BCUT2D eigenvalue weighted by molar-refractivity contribution is 0.127. The summed E-state index contributed by atoms with van der Waals surface area (Å²) in [6, 6.07) is 2.12. The van der Waals surface area contributed by atoms with Gasteiger partial charge in [-0.05, 0) is 31.9 Å². The van der Waals surface area contributed by atoms with Crippen LogP contribution in [0.2, 0.25) is 0 Å². The van der Waals surface area contributed by atoms with Crippen LogP contribution in [-0.2, 0) is 6.54 Å². The molecule has 2 atom stereocenters. The Morgan fingerprint density at radius 1 is 1.73 bits per heavy atom. The molecule has 0 amide bonds. The van der Waals surface area contributed by atoms with Gasteiger partial charge in [0, 0.05) is 18.8 Å². The highest BCUT2D eigenvalue weighted by molar-refractivity contribution is 5.08. The molecule has 1 aromatic heterocycles. The van der Waals surface area contributed by atoms with Crippen molar-refractivity contribution in [1.29, 1.82) is 0 Å². The molecule has 4 heteroatoms. The summed E-state index contributed by atoms with van der Waals surface area (Å²) < 4.78 is 1.91. The van der Waals surface area contributed by atoms with Gasteiger partial charge < -0.3 is 10.4 Å². The van der Waals surface area contributed by atoms with Crippen molar-refractivity contribution < 1.29 is 5.11 Å². The molecule has 0 saturated carbocycles. The van der Waals surface area contributed by atoms with Crippen LogP contribution in [0.25, 0.3) is 0 Å². The summed E-state index contributed by atoms with van der Waals surface area (Å²) in [4.78, 5) is 0. The Morgan fingerprint density at radius 3 is 3.27 bits per heavy atom. The number of aromatic nitrogens is 2. The number of rotatable bonds is 4. The number of hydrogen-bond donors (Lipinski definition) is 2. The third kappa shape index (κ3) is 2.21. The van der Waals surface area contributed by atoms with Crippen molar-refractivity contribution >= 4 is 0 Å². The van der Waals surface area contributed by atoms with Crippen molar-refractivity contribution in [1.82, 2.24) is 15.1 Å². The Balaban J connectivity index is 2.09. The molecule has 84 valence electrons. The van der Waals surface area contributed by atoms with Crippen LogP contribution in [0.5, 0.6) is 0 Å². The van der Waals surface area contributed by atoms with E-state index in [2.05, 4.69) is 17.3 Å². The third-order valence-corrected chi connectivity index (χ3v) is 2.97. The molecule has 1 saturated heterocycles. The second-order valence-corrected chi connectivity index (χ2v) is 4.13. The average molecular weight is 209 g/mol. The normalized spacial score (nSPS) is 23.2. The minimum atomic E-state index is -0.415. The summed E-state index contributed by atoms with van der Waals surface area (Å²) >= 11 is 0. The number of nitrogens with zero attached hydrogens (tertiary/aromatic N) is 2. The fraction of sp³-hybridized carbons (Fsp3) is 0.727. The second-order valence-electron chi connectivity index (χ2n) is 4.13. The predicted molar refractivity (Wildman–Crippen MR) is 58.5 cm³/mol.